The number of carbonyl (C=O) groups is 2. The van der Waals surface area contributed by atoms with E-state index in [0.29, 0.717) is 17.5 Å². The van der Waals surface area contributed by atoms with Crippen LogP contribution in [0.25, 0.3) is 21.5 Å². The molecule has 6 rings (SSSR count). The fourth-order valence-corrected chi connectivity index (χ4v) is 4.36. The smallest absolute Gasteiger partial charge is 0.335 e. The Hall–Kier alpha value is -5.62. The molecule has 4 N–H and O–H groups in total. The first kappa shape index (κ1) is 28.4. The molecular weight excluding hydrogens is 516 g/mol. The van der Waals surface area contributed by atoms with Crippen LogP contribution in [0.2, 0.25) is 0 Å². The molecule has 0 spiro atoms. The van der Waals surface area contributed by atoms with Gasteiger partial charge in [0.2, 0.25) is 0 Å². The molecule has 0 aliphatic heterocycles. The van der Waals surface area contributed by atoms with E-state index < -0.39 is 11.9 Å². The predicted octanol–water partition coefficient (Wildman–Crippen LogP) is 7.76. The number of aromatic hydroxyl groups is 2. The zero-order valence-corrected chi connectivity index (χ0v) is 22.0. The van der Waals surface area contributed by atoms with Gasteiger partial charge in [-0.3, -0.25) is 0 Å². The van der Waals surface area contributed by atoms with Gasteiger partial charge in [-0.2, -0.15) is 0 Å². The van der Waals surface area contributed by atoms with Crippen LogP contribution < -0.4 is 0 Å². The third-order valence-electron chi connectivity index (χ3n) is 6.43. The molecule has 41 heavy (non-hydrogen) atoms. The van der Waals surface area contributed by atoms with Crippen molar-refractivity contribution in [2.24, 2.45) is 0 Å². The Bertz CT molecular complexity index is 1650. The van der Waals surface area contributed by atoms with Gasteiger partial charge in [-0.1, -0.05) is 97.1 Å². The molecule has 0 fully saturated rings. The van der Waals surface area contributed by atoms with Crippen LogP contribution in [0.15, 0.2) is 133 Å². The van der Waals surface area contributed by atoms with Crippen molar-refractivity contribution < 1.29 is 30.0 Å². The number of hydrogen-bond donors (Lipinski definition) is 4. The molecule has 6 aromatic carbocycles. The van der Waals surface area contributed by atoms with Gasteiger partial charge in [0.15, 0.2) is 0 Å². The Balaban J connectivity index is 0.000000177. The molecule has 0 aromatic heterocycles. The van der Waals surface area contributed by atoms with Crippen molar-refractivity contribution in [3.63, 3.8) is 0 Å². The number of rotatable bonds is 4. The van der Waals surface area contributed by atoms with E-state index in [1.807, 2.05) is 60.7 Å². The van der Waals surface area contributed by atoms with Crippen molar-refractivity contribution in [3.8, 4) is 11.5 Å². The van der Waals surface area contributed by atoms with Crippen LogP contribution in [-0.2, 0) is 6.42 Å². The van der Waals surface area contributed by atoms with Gasteiger partial charge in [-0.15, -0.1) is 0 Å². The molecule has 0 saturated carbocycles. The van der Waals surface area contributed by atoms with Crippen molar-refractivity contribution >= 4 is 33.5 Å². The normalized spacial score (nSPS) is 10.1. The highest BCUT2D eigenvalue weighted by Gasteiger charge is 2.13. The average Bonchev–Trinajstić information content (AvgIpc) is 3.01. The van der Waals surface area contributed by atoms with Gasteiger partial charge in [0, 0.05) is 17.5 Å². The number of aromatic carboxylic acids is 2. The van der Waals surface area contributed by atoms with Gasteiger partial charge in [0.1, 0.15) is 11.5 Å². The van der Waals surface area contributed by atoms with E-state index >= 15 is 0 Å². The molecule has 0 atom stereocenters. The number of carboxylic acids is 2. The average molecular weight is 545 g/mol. The number of hydrogen-bond acceptors (Lipinski definition) is 4. The second-order valence-corrected chi connectivity index (χ2v) is 9.09. The minimum absolute atomic E-state index is 0.260. The van der Waals surface area contributed by atoms with E-state index in [4.69, 9.17) is 10.2 Å². The van der Waals surface area contributed by atoms with Crippen molar-refractivity contribution in [2.75, 3.05) is 0 Å². The number of phenolic OH excluding ortho intramolecular Hbond substituents is 2. The zero-order valence-electron chi connectivity index (χ0n) is 22.0. The maximum atomic E-state index is 10.4. The summed E-state index contributed by atoms with van der Waals surface area (Å²) in [6.07, 6.45) is 0.486. The molecule has 0 radical (unpaired) electrons. The lowest BCUT2D eigenvalue weighted by atomic mass is 9.94. The highest BCUT2D eigenvalue weighted by Crippen LogP contribution is 2.34. The lowest BCUT2D eigenvalue weighted by molar-refractivity contribution is 0.0686. The predicted molar refractivity (Wildman–Crippen MR) is 161 cm³/mol. The molecule has 0 amide bonds. The fourth-order valence-electron chi connectivity index (χ4n) is 4.36. The second kappa shape index (κ2) is 13.4. The van der Waals surface area contributed by atoms with E-state index in [0.717, 1.165) is 32.7 Å². The minimum atomic E-state index is -0.879. The summed E-state index contributed by atoms with van der Waals surface area (Å²) in [7, 11) is 0. The van der Waals surface area contributed by atoms with Crippen LogP contribution in [0.4, 0.5) is 0 Å². The first-order valence-corrected chi connectivity index (χ1v) is 12.8. The standard InChI is InChI=1S/C21H16O2.2C7H6O2/c22-20-11-9-14-5-1-3-7-16(14)18(20)13-19-17-8-4-2-6-15(17)10-12-21(19)23;2*8-7(9)6-4-2-1-3-5-6/h1-12,22-23H,13H2;2*1-5H,(H,8,9). The molecule has 6 nitrogen and oxygen atoms in total. The topological polar surface area (TPSA) is 115 Å². The van der Waals surface area contributed by atoms with Gasteiger partial charge in [0.25, 0.3) is 0 Å². The molecule has 6 heteroatoms. The maximum absolute atomic E-state index is 10.4. The van der Waals surface area contributed by atoms with Crippen molar-refractivity contribution in [2.45, 2.75) is 6.42 Å². The van der Waals surface area contributed by atoms with Gasteiger partial charge >= 0.3 is 11.9 Å². The highest BCUT2D eigenvalue weighted by atomic mass is 16.4. The van der Waals surface area contributed by atoms with E-state index in [9.17, 15) is 19.8 Å². The van der Waals surface area contributed by atoms with Gasteiger partial charge < -0.3 is 20.4 Å². The van der Waals surface area contributed by atoms with E-state index in [2.05, 4.69) is 0 Å². The van der Waals surface area contributed by atoms with Crippen LogP contribution in [0, 0.1) is 0 Å². The summed E-state index contributed by atoms with van der Waals surface area (Å²) in [6, 6.07) is 39.8. The Kier molecular flexibility index (Phi) is 9.31. The molecule has 204 valence electrons. The Morgan fingerprint density at radius 3 is 1.12 bits per heavy atom. The summed E-state index contributed by atoms with van der Waals surface area (Å²) in [5.41, 5.74) is 2.35. The van der Waals surface area contributed by atoms with Gasteiger partial charge in [-0.05, 0) is 57.9 Å². The summed E-state index contributed by atoms with van der Waals surface area (Å²) < 4.78 is 0. The maximum Gasteiger partial charge on any atom is 0.335 e. The Labute approximate surface area is 237 Å². The fraction of sp³-hybridized carbons (Fsp3) is 0.0286. The van der Waals surface area contributed by atoms with Crippen molar-refractivity contribution in [1.82, 2.24) is 0 Å². The summed E-state index contributed by atoms with van der Waals surface area (Å²) >= 11 is 0. The zero-order chi connectivity index (χ0) is 29.2. The van der Waals surface area contributed by atoms with Crippen LogP contribution in [-0.4, -0.2) is 32.4 Å². The third kappa shape index (κ3) is 7.28. The molecule has 0 saturated heterocycles. The minimum Gasteiger partial charge on any atom is -0.508 e. The summed E-state index contributed by atoms with van der Waals surface area (Å²) in [6.45, 7) is 0. The lowest BCUT2D eigenvalue weighted by Crippen LogP contribution is -1.93. The summed E-state index contributed by atoms with van der Waals surface area (Å²) in [5, 5.41) is 41.7. The second-order valence-electron chi connectivity index (χ2n) is 9.09. The van der Waals surface area contributed by atoms with Gasteiger partial charge in [0.05, 0.1) is 11.1 Å². The monoisotopic (exact) mass is 544 g/mol. The molecule has 6 aromatic rings. The quantitative estimate of drug-likeness (QED) is 0.180. The Morgan fingerprint density at radius 2 is 0.780 bits per heavy atom. The van der Waals surface area contributed by atoms with Crippen LogP contribution in [0.1, 0.15) is 31.8 Å². The van der Waals surface area contributed by atoms with E-state index in [-0.39, 0.29) is 11.5 Å². The van der Waals surface area contributed by atoms with Crippen LogP contribution in [0.3, 0.4) is 0 Å². The number of phenols is 2. The summed E-state index contributed by atoms with van der Waals surface area (Å²) in [5.74, 6) is -1.24. The van der Waals surface area contributed by atoms with Gasteiger partial charge in [-0.25, -0.2) is 9.59 Å². The first-order valence-electron chi connectivity index (χ1n) is 12.8. The first-order chi connectivity index (χ1) is 19.8. The van der Waals surface area contributed by atoms with Crippen molar-refractivity contribution in [3.05, 3.63) is 156 Å². The highest BCUT2D eigenvalue weighted by molar-refractivity contribution is 5.91. The van der Waals surface area contributed by atoms with Crippen molar-refractivity contribution in [1.29, 1.82) is 0 Å². The largest absolute Gasteiger partial charge is 0.508 e. The SMILES string of the molecule is O=C(O)c1ccccc1.O=C(O)c1ccccc1.Oc1ccc2ccccc2c1Cc1c(O)ccc2ccccc12. The molecule has 0 unspecified atom stereocenters. The number of carboxylic acid groups (broad SMARTS) is 2. The molecule has 0 bridgehead atoms. The third-order valence-corrected chi connectivity index (χ3v) is 6.43. The molecule has 0 aliphatic carbocycles. The van der Waals surface area contributed by atoms with Crippen LogP contribution >= 0.6 is 0 Å². The molecule has 0 heterocycles. The molecule has 0 aliphatic rings. The van der Waals surface area contributed by atoms with E-state index in [1.165, 1.54) is 0 Å². The van der Waals surface area contributed by atoms with Crippen LogP contribution in [0.5, 0.6) is 11.5 Å². The molecular formula is C35H28O6. The lowest BCUT2D eigenvalue weighted by Gasteiger charge is -2.13. The summed E-state index contributed by atoms with van der Waals surface area (Å²) in [4.78, 5) is 20.4. The Morgan fingerprint density at radius 1 is 0.439 bits per heavy atom. The number of fused-ring (bicyclic) bond motifs is 2. The van der Waals surface area contributed by atoms with E-state index in [1.54, 1.807) is 72.8 Å². The number of benzene rings is 6.